The molecule has 5 aromatic rings. The molecule has 5 rings (SSSR count). The normalized spacial score (nSPS) is 11.1. The fraction of sp³-hybridized carbons (Fsp3) is 0.0870. The van der Waals surface area contributed by atoms with E-state index in [2.05, 4.69) is 55.9 Å². The molecule has 0 aliphatic heterocycles. The van der Waals surface area contributed by atoms with Crippen molar-refractivity contribution in [2.24, 2.45) is 7.05 Å². The van der Waals surface area contributed by atoms with E-state index in [1.165, 1.54) is 11.1 Å². The third kappa shape index (κ3) is 3.60. The molecule has 0 fully saturated rings. The van der Waals surface area contributed by atoms with Crippen LogP contribution < -0.4 is 5.32 Å². The van der Waals surface area contributed by atoms with Crippen LogP contribution in [0.1, 0.15) is 11.3 Å². The molecule has 2 aromatic carbocycles. The highest BCUT2D eigenvalue weighted by Crippen LogP contribution is 2.26. The summed E-state index contributed by atoms with van der Waals surface area (Å²) in [7, 11) is 1.93. The number of pyridine rings is 1. The highest BCUT2D eigenvalue weighted by Gasteiger charge is 2.08. The van der Waals surface area contributed by atoms with Gasteiger partial charge in [-0.2, -0.15) is 10.2 Å². The van der Waals surface area contributed by atoms with Gasteiger partial charge in [0.1, 0.15) is 0 Å². The van der Waals surface area contributed by atoms with Crippen molar-refractivity contribution in [1.29, 1.82) is 0 Å². The number of nitrogens with zero attached hydrogens (tertiary/aromatic N) is 4. The maximum atomic E-state index is 4.46. The first kappa shape index (κ1) is 17.2. The van der Waals surface area contributed by atoms with E-state index in [1.807, 2.05) is 48.4 Å². The fourth-order valence-corrected chi connectivity index (χ4v) is 3.47. The number of hydrogen-bond donors (Lipinski definition) is 2. The van der Waals surface area contributed by atoms with Crippen LogP contribution in [-0.4, -0.2) is 25.0 Å². The molecule has 0 atom stereocenters. The van der Waals surface area contributed by atoms with Crippen molar-refractivity contribution in [3.05, 3.63) is 90.6 Å². The zero-order valence-electron chi connectivity index (χ0n) is 16.0. The summed E-state index contributed by atoms with van der Waals surface area (Å²) in [5, 5.41) is 16.4. The van der Waals surface area contributed by atoms with Gasteiger partial charge in [-0.3, -0.25) is 14.8 Å². The van der Waals surface area contributed by atoms with Crippen LogP contribution >= 0.6 is 0 Å². The second kappa shape index (κ2) is 7.24. The van der Waals surface area contributed by atoms with Crippen LogP contribution in [0, 0.1) is 0 Å². The first-order chi connectivity index (χ1) is 14.2. The maximum Gasteiger partial charge on any atom is 0.0925 e. The van der Waals surface area contributed by atoms with Gasteiger partial charge in [0.05, 0.1) is 11.7 Å². The van der Waals surface area contributed by atoms with Crippen molar-refractivity contribution in [1.82, 2.24) is 25.0 Å². The van der Waals surface area contributed by atoms with Crippen LogP contribution in [0.5, 0.6) is 0 Å². The second-order valence-corrected chi connectivity index (χ2v) is 7.07. The quantitative estimate of drug-likeness (QED) is 0.464. The molecule has 2 N–H and O–H groups in total. The van der Waals surface area contributed by atoms with Gasteiger partial charge in [0.2, 0.25) is 0 Å². The molecule has 0 aliphatic rings. The summed E-state index contributed by atoms with van der Waals surface area (Å²) in [6.07, 6.45) is 8.25. The maximum absolute atomic E-state index is 4.46. The third-order valence-electron chi connectivity index (χ3n) is 4.98. The van der Waals surface area contributed by atoms with Crippen molar-refractivity contribution in [3.63, 3.8) is 0 Å². The largest absolute Gasteiger partial charge is 0.355 e. The highest BCUT2D eigenvalue weighted by molar-refractivity contribution is 5.86. The summed E-state index contributed by atoms with van der Waals surface area (Å²) < 4.78 is 1.82. The van der Waals surface area contributed by atoms with Crippen molar-refractivity contribution >= 4 is 22.3 Å². The van der Waals surface area contributed by atoms with Gasteiger partial charge in [0.25, 0.3) is 0 Å². The van der Waals surface area contributed by atoms with Crippen LogP contribution in [0.4, 0.5) is 11.4 Å². The number of aryl methyl sites for hydroxylation is 1. The third-order valence-corrected chi connectivity index (χ3v) is 4.98. The number of hydrogen-bond acceptors (Lipinski definition) is 4. The fourth-order valence-electron chi connectivity index (χ4n) is 3.47. The lowest BCUT2D eigenvalue weighted by Gasteiger charge is -2.07. The smallest absolute Gasteiger partial charge is 0.0925 e. The SMILES string of the molecule is Cn1cc(-c2ccc(Cc3[nH]nc4ccc(Nc5ccncc5)cc34)cc2)cn1. The Morgan fingerprint density at radius 3 is 2.52 bits per heavy atom. The molecule has 142 valence electrons. The Hall–Kier alpha value is -3.93. The monoisotopic (exact) mass is 380 g/mol. The van der Waals surface area contributed by atoms with E-state index < -0.39 is 0 Å². The van der Waals surface area contributed by atoms with E-state index in [1.54, 1.807) is 12.4 Å². The van der Waals surface area contributed by atoms with Crippen LogP contribution in [0.2, 0.25) is 0 Å². The number of rotatable bonds is 5. The molecule has 0 radical (unpaired) electrons. The number of aromatic nitrogens is 5. The Kier molecular flexibility index (Phi) is 4.29. The number of fused-ring (bicyclic) bond motifs is 1. The van der Waals surface area contributed by atoms with Crippen molar-refractivity contribution in [2.75, 3.05) is 5.32 Å². The zero-order chi connectivity index (χ0) is 19.6. The van der Waals surface area contributed by atoms with E-state index in [-0.39, 0.29) is 0 Å². The number of aromatic amines is 1. The Morgan fingerprint density at radius 2 is 1.76 bits per heavy atom. The van der Waals surface area contributed by atoms with Crippen LogP contribution in [0.15, 0.2) is 79.4 Å². The number of benzene rings is 2. The second-order valence-electron chi connectivity index (χ2n) is 7.07. The Bertz CT molecular complexity index is 1250. The lowest BCUT2D eigenvalue weighted by atomic mass is 10.0. The van der Waals surface area contributed by atoms with Crippen molar-refractivity contribution in [3.8, 4) is 11.1 Å². The minimum absolute atomic E-state index is 0.794. The standard InChI is InChI=1S/C23H20N6/c1-29-15-18(14-25-29)17-4-2-16(3-5-17)12-23-21-13-20(6-7-22(21)27-28-23)26-19-8-10-24-11-9-19/h2-11,13-15H,12H2,1H3,(H,24,26)(H,27,28). The predicted octanol–water partition coefficient (Wildman–Crippen LogP) is 4.69. The molecule has 0 saturated carbocycles. The van der Waals surface area contributed by atoms with Gasteiger partial charge in [0.15, 0.2) is 0 Å². The molecular weight excluding hydrogens is 360 g/mol. The molecule has 0 saturated heterocycles. The Morgan fingerprint density at radius 1 is 0.931 bits per heavy atom. The number of anilines is 2. The van der Waals surface area contributed by atoms with Crippen LogP contribution in [0.3, 0.4) is 0 Å². The average Bonchev–Trinajstić information content (AvgIpc) is 3.36. The molecule has 0 unspecified atom stereocenters. The van der Waals surface area contributed by atoms with Gasteiger partial charge in [-0.05, 0) is 41.5 Å². The summed E-state index contributed by atoms with van der Waals surface area (Å²) >= 11 is 0. The lowest BCUT2D eigenvalue weighted by Crippen LogP contribution is -1.92. The topological polar surface area (TPSA) is 71.4 Å². The summed E-state index contributed by atoms with van der Waals surface area (Å²) in [6, 6.07) is 18.7. The van der Waals surface area contributed by atoms with E-state index in [4.69, 9.17) is 0 Å². The molecule has 0 spiro atoms. The van der Waals surface area contributed by atoms with Crippen LogP contribution in [0.25, 0.3) is 22.0 Å². The summed E-state index contributed by atoms with van der Waals surface area (Å²) in [5.74, 6) is 0. The Balaban J connectivity index is 1.39. The highest BCUT2D eigenvalue weighted by atomic mass is 15.2. The Labute approximate surface area is 168 Å². The van der Waals surface area contributed by atoms with E-state index in [9.17, 15) is 0 Å². The minimum atomic E-state index is 0.794. The summed E-state index contributed by atoms with van der Waals surface area (Å²) in [4.78, 5) is 4.06. The minimum Gasteiger partial charge on any atom is -0.355 e. The summed E-state index contributed by atoms with van der Waals surface area (Å²) in [5.41, 5.74) is 7.63. The van der Waals surface area contributed by atoms with Gasteiger partial charge >= 0.3 is 0 Å². The molecule has 6 heteroatoms. The van der Waals surface area contributed by atoms with Crippen molar-refractivity contribution < 1.29 is 0 Å². The van der Waals surface area contributed by atoms with Gasteiger partial charge in [-0.15, -0.1) is 0 Å². The van der Waals surface area contributed by atoms with Gasteiger partial charge in [-0.25, -0.2) is 0 Å². The van der Waals surface area contributed by atoms with E-state index in [0.717, 1.165) is 40.0 Å². The first-order valence-corrected chi connectivity index (χ1v) is 9.47. The van der Waals surface area contributed by atoms with Gasteiger partial charge in [0, 0.05) is 60.1 Å². The number of H-pyrrole nitrogens is 1. The summed E-state index contributed by atoms with van der Waals surface area (Å²) in [6.45, 7) is 0. The molecule has 0 aliphatic carbocycles. The average molecular weight is 380 g/mol. The van der Waals surface area contributed by atoms with Crippen LogP contribution in [-0.2, 0) is 13.5 Å². The lowest BCUT2D eigenvalue weighted by molar-refractivity contribution is 0.768. The number of nitrogens with one attached hydrogen (secondary N) is 2. The van der Waals surface area contributed by atoms with E-state index in [0.29, 0.717) is 0 Å². The molecule has 29 heavy (non-hydrogen) atoms. The molecule has 3 heterocycles. The molecule has 3 aromatic heterocycles. The molecule has 0 bridgehead atoms. The van der Waals surface area contributed by atoms with Crippen molar-refractivity contribution in [2.45, 2.75) is 6.42 Å². The predicted molar refractivity (Wildman–Crippen MR) is 115 cm³/mol. The van der Waals surface area contributed by atoms with E-state index >= 15 is 0 Å². The zero-order valence-corrected chi connectivity index (χ0v) is 16.0. The van der Waals surface area contributed by atoms with Gasteiger partial charge in [-0.1, -0.05) is 24.3 Å². The van der Waals surface area contributed by atoms with Gasteiger partial charge < -0.3 is 5.32 Å². The molecular formula is C23H20N6. The first-order valence-electron chi connectivity index (χ1n) is 9.47. The molecule has 6 nitrogen and oxygen atoms in total. The molecule has 0 amide bonds.